The molecule has 0 spiro atoms. The molecule has 1 amide bonds. The van der Waals surface area contributed by atoms with Gasteiger partial charge in [0.05, 0.1) is 17.5 Å². The first-order valence-electron chi connectivity index (χ1n) is 6.97. The Kier molecular flexibility index (Phi) is 2.60. The van der Waals surface area contributed by atoms with Crippen LogP contribution in [-0.2, 0) is 0 Å². The summed E-state index contributed by atoms with van der Waals surface area (Å²) < 4.78 is 10.9. The zero-order chi connectivity index (χ0) is 14.4. The maximum atomic E-state index is 12.4. The van der Waals surface area contributed by atoms with Crippen molar-refractivity contribution in [3.05, 3.63) is 47.7 Å². The molecule has 4 rings (SSSR count). The number of benzene rings is 1. The number of rotatable bonds is 3. The van der Waals surface area contributed by atoms with Gasteiger partial charge in [-0.2, -0.15) is 0 Å². The van der Waals surface area contributed by atoms with Gasteiger partial charge < -0.3 is 14.2 Å². The molecule has 0 aliphatic heterocycles. The van der Waals surface area contributed by atoms with Crippen LogP contribution < -0.4 is 5.32 Å². The summed E-state index contributed by atoms with van der Waals surface area (Å²) in [6.07, 6.45) is 3.75. The molecule has 0 atom stereocenters. The van der Waals surface area contributed by atoms with Crippen LogP contribution in [0.3, 0.4) is 0 Å². The molecule has 1 saturated carbocycles. The molecule has 0 bridgehead atoms. The molecule has 5 heteroatoms. The minimum atomic E-state index is -0.168. The number of nitrogens with zero attached hydrogens (tertiary/aromatic N) is 1. The van der Waals surface area contributed by atoms with E-state index in [0.717, 1.165) is 18.6 Å². The van der Waals surface area contributed by atoms with Crippen molar-refractivity contribution in [1.82, 2.24) is 4.98 Å². The summed E-state index contributed by atoms with van der Waals surface area (Å²) in [6, 6.07) is 7.20. The average molecular weight is 282 g/mol. The number of furan rings is 1. The Hall–Kier alpha value is -2.56. The zero-order valence-corrected chi connectivity index (χ0v) is 11.6. The number of amides is 1. The van der Waals surface area contributed by atoms with Gasteiger partial charge in [0, 0.05) is 12.8 Å². The number of aromatic nitrogens is 1. The lowest BCUT2D eigenvalue weighted by atomic mass is 10.1. The number of oxazole rings is 1. The molecule has 106 valence electrons. The molecule has 2 heterocycles. The van der Waals surface area contributed by atoms with Gasteiger partial charge in [0.25, 0.3) is 5.91 Å². The van der Waals surface area contributed by atoms with E-state index in [2.05, 4.69) is 10.3 Å². The van der Waals surface area contributed by atoms with Crippen LogP contribution in [0.15, 0.2) is 39.4 Å². The Bertz CT molecular complexity index is 827. The molecular weight excluding hydrogens is 268 g/mol. The third kappa shape index (κ3) is 2.11. The number of anilines is 1. The van der Waals surface area contributed by atoms with Gasteiger partial charge in [-0.15, -0.1) is 0 Å². The second-order valence-electron chi connectivity index (χ2n) is 5.31. The van der Waals surface area contributed by atoms with E-state index < -0.39 is 0 Å². The quantitative estimate of drug-likeness (QED) is 0.792. The molecule has 1 N–H and O–H groups in total. The van der Waals surface area contributed by atoms with Gasteiger partial charge >= 0.3 is 0 Å². The smallest absolute Gasteiger partial charge is 0.259 e. The standard InChI is InChI=1S/C16H14N2O3/c1-9-17-14-12(3-2-4-13(14)21-9)18-16(19)11-7-8-20-15(11)10-5-6-10/h2-4,7-8,10H,5-6H2,1H3,(H,18,19). The van der Waals surface area contributed by atoms with Crippen LogP contribution in [0.5, 0.6) is 0 Å². The number of para-hydroxylation sites is 1. The van der Waals surface area contributed by atoms with Gasteiger partial charge in [0.15, 0.2) is 11.5 Å². The summed E-state index contributed by atoms with van der Waals surface area (Å²) >= 11 is 0. The largest absolute Gasteiger partial charge is 0.468 e. The maximum Gasteiger partial charge on any atom is 0.259 e. The second-order valence-corrected chi connectivity index (χ2v) is 5.31. The first-order chi connectivity index (χ1) is 10.2. The number of aryl methyl sites for hydroxylation is 1. The van der Waals surface area contributed by atoms with Crippen molar-refractivity contribution in [3.63, 3.8) is 0 Å². The van der Waals surface area contributed by atoms with Gasteiger partial charge in [0.1, 0.15) is 11.3 Å². The van der Waals surface area contributed by atoms with Crippen molar-refractivity contribution in [2.24, 2.45) is 0 Å². The fourth-order valence-electron chi connectivity index (χ4n) is 2.52. The molecule has 5 nitrogen and oxygen atoms in total. The Morgan fingerprint density at radius 1 is 1.33 bits per heavy atom. The van der Waals surface area contributed by atoms with Crippen molar-refractivity contribution in [3.8, 4) is 0 Å². The van der Waals surface area contributed by atoms with E-state index in [1.54, 1.807) is 19.3 Å². The molecule has 1 aromatic carbocycles. The number of fused-ring (bicyclic) bond motifs is 1. The first-order valence-corrected chi connectivity index (χ1v) is 6.97. The van der Waals surface area contributed by atoms with Crippen LogP contribution in [0.25, 0.3) is 11.1 Å². The number of carbonyl (C=O) groups excluding carboxylic acids is 1. The molecule has 0 unspecified atom stereocenters. The van der Waals surface area contributed by atoms with Gasteiger partial charge in [0.2, 0.25) is 0 Å². The summed E-state index contributed by atoms with van der Waals surface area (Å²) in [5.74, 6) is 1.59. The van der Waals surface area contributed by atoms with Gasteiger partial charge in [-0.1, -0.05) is 6.07 Å². The van der Waals surface area contributed by atoms with Gasteiger partial charge in [-0.05, 0) is 31.0 Å². The Morgan fingerprint density at radius 2 is 2.19 bits per heavy atom. The first kappa shape index (κ1) is 12.2. The number of hydrogen-bond donors (Lipinski definition) is 1. The van der Waals surface area contributed by atoms with Gasteiger partial charge in [-0.25, -0.2) is 4.98 Å². The zero-order valence-electron chi connectivity index (χ0n) is 11.6. The van der Waals surface area contributed by atoms with Crippen LogP contribution in [0.1, 0.15) is 40.8 Å². The summed E-state index contributed by atoms with van der Waals surface area (Å²) in [5.41, 5.74) is 2.59. The summed E-state index contributed by atoms with van der Waals surface area (Å²) in [6.45, 7) is 1.78. The summed E-state index contributed by atoms with van der Waals surface area (Å²) in [5, 5.41) is 2.90. The molecule has 3 aromatic rings. The maximum absolute atomic E-state index is 12.4. The molecule has 1 fully saturated rings. The number of nitrogens with one attached hydrogen (secondary N) is 1. The van der Waals surface area contributed by atoms with Crippen LogP contribution in [-0.4, -0.2) is 10.9 Å². The lowest BCUT2D eigenvalue weighted by Gasteiger charge is -2.05. The van der Waals surface area contributed by atoms with Crippen molar-refractivity contribution in [2.75, 3.05) is 5.32 Å². The van der Waals surface area contributed by atoms with Crippen LogP contribution in [0.2, 0.25) is 0 Å². The van der Waals surface area contributed by atoms with Crippen LogP contribution in [0, 0.1) is 6.92 Å². The van der Waals surface area contributed by atoms with E-state index in [-0.39, 0.29) is 5.91 Å². The third-order valence-corrected chi connectivity index (χ3v) is 3.66. The topological polar surface area (TPSA) is 68.3 Å². The van der Waals surface area contributed by atoms with Crippen molar-refractivity contribution >= 4 is 22.7 Å². The minimum Gasteiger partial charge on any atom is -0.468 e. The van der Waals surface area contributed by atoms with E-state index >= 15 is 0 Å². The number of carbonyl (C=O) groups is 1. The minimum absolute atomic E-state index is 0.168. The van der Waals surface area contributed by atoms with Crippen LogP contribution in [0.4, 0.5) is 5.69 Å². The highest BCUT2D eigenvalue weighted by Gasteiger charge is 2.31. The van der Waals surface area contributed by atoms with Crippen molar-refractivity contribution in [2.45, 2.75) is 25.7 Å². The van der Waals surface area contributed by atoms with Crippen molar-refractivity contribution < 1.29 is 13.6 Å². The normalized spacial score (nSPS) is 14.5. The highest BCUT2D eigenvalue weighted by molar-refractivity contribution is 6.08. The highest BCUT2D eigenvalue weighted by atomic mass is 16.3. The van der Waals surface area contributed by atoms with Crippen LogP contribution >= 0.6 is 0 Å². The average Bonchev–Trinajstić information content (AvgIpc) is 3.05. The predicted octanol–water partition coefficient (Wildman–Crippen LogP) is 3.86. The fraction of sp³-hybridized carbons (Fsp3) is 0.250. The van der Waals surface area contributed by atoms with E-state index in [0.29, 0.717) is 34.2 Å². The molecule has 1 aliphatic carbocycles. The summed E-state index contributed by atoms with van der Waals surface area (Å²) in [7, 11) is 0. The van der Waals surface area contributed by atoms with Crippen molar-refractivity contribution in [1.29, 1.82) is 0 Å². The predicted molar refractivity (Wildman–Crippen MR) is 77.4 cm³/mol. The Morgan fingerprint density at radius 3 is 3.00 bits per heavy atom. The lowest BCUT2D eigenvalue weighted by molar-refractivity contribution is 0.102. The molecule has 2 aromatic heterocycles. The number of hydrogen-bond acceptors (Lipinski definition) is 4. The highest BCUT2D eigenvalue weighted by Crippen LogP contribution is 2.42. The van der Waals surface area contributed by atoms with E-state index in [9.17, 15) is 4.79 Å². The monoisotopic (exact) mass is 282 g/mol. The molecular formula is C16H14N2O3. The van der Waals surface area contributed by atoms with Gasteiger partial charge in [-0.3, -0.25) is 4.79 Å². The Balaban J connectivity index is 1.67. The van der Waals surface area contributed by atoms with E-state index in [1.165, 1.54) is 0 Å². The second kappa shape index (κ2) is 4.48. The molecule has 0 saturated heterocycles. The van der Waals surface area contributed by atoms with E-state index in [1.807, 2.05) is 18.2 Å². The molecule has 21 heavy (non-hydrogen) atoms. The Labute approximate surface area is 121 Å². The van der Waals surface area contributed by atoms with E-state index in [4.69, 9.17) is 8.83 Å². The summed E-state index contributed by atoms with van der Waals surface area (Å²) in [4.78, 5) is 16.8. The third-order valence-electron chi connectivity index (χ3n) is 3.66. The molecule has 1 aliphatic rings. The fourth-order valence-corrected chi connectivity index (χ4v) is 2.52. The lowest BCUT2D eigenvalue weighted by Crippen LogP contribution is -2.13. The SMILES string of the molecule is Cc1nc2c(NC(=O)c3ccoc3C3CC3)cccc2o1. The molecule has 0 radical (unpaired) electrons.